The van der Waals surface area contributed by atoms with Crippen LogP contribution in [0.1, 0.15) is 43.5 Å². The van der Waals surface area contributed by atoms with Gasteiger partial charge >= 0.3 is 5.97 Å². The maximum absolute atomic E-state index is 12.1. The van der Waals surface area contributed by atoms with Gasteiger partial charge in [-0.05, 0) is 25.5 Å². The third-order valence-corrected chi connectivity index (χ3v) is 3.00. The molecule has 0 aromatic heterocycles. The first-order valence-electron chi connectivity index (χ1n) is 6.85. The molecule has 6 heteroatoms. The number of carbonyl (C=O) groups is 3. The number of amides is 2. The summed E-state index contributed by atoms with van der Waals surface area (Å²) in [6, 6.07) is 6.67. The van der Waals surface area contributed by atoms with Crippen molar-refractivity contribution in [3.63, 3.8) is 0 Å². The number of carboxylic acid groups (broad SMARTS) is 1. The van der Waals surface area contributed by atoms with Crippen LogP contribution >= 0.6 is 0 Å². The van der Waals surface area contributed by atoms with Crippen molar-refractivity contribution in [2.75, 3.05) is 5.32 Å². The van der Waals surface area contributed by atoms with Crippen molar-refractivity contribution in [1.82, 2.24) is 5.32 Å². The lowest BCUT2D eigenvalue weighted by molar-refractivity contribution is -0.138. The minimum absolute atomic E-state index is 0.0354. The molecule has 1 rings (SSSR count). The van der Waals surface area contributed by atoms with Gasteiger partial charge in [-0.3, -0.25) is 14.4 Å². The quantitative estimate of drug-likeness (QED) is 0.716. The van der Waals surface area contributed by atoms with Gasteiger partial charge in [0.1, 0.15) is 0 Å². The van der Waals surface area contributed by atoms with Crippen LogP contribution in [0.4, 0.5) is 5.69 Å². The molecule has 3 N–H and O–H groups in total. The van der Waals surface area contributed by atoms with E-state index in [1.165, 1.54) is 0 Å². The molecule has 0 heterocycles. The second-order valence-corrected chi connectivity index (χ2v) is 4.77. The van der Waals surface area contributed by atoms with Crippen molar-refractivity contribution in [1.29, 1.82) is 0 Å². The highest BCUT2D eigenvalue weighted by Gasteiger charge is 2.14. The smallest absolute Gasteiger partial charge is 0.303 e. The van der Waals surface area contributed by atoms with Gasteiger partial charge in [0.05, 0.1) is 17.7 Å². The largest absolute Gasteiger partial charge is 0.481 e. The summed E-state index contributed by atoms with van der Waals surface area (Å²) in [5.41, 5.74) is 0.746. The molecule has 0 spiro atoms. The van der Waals surface area contributed by atoms with Crippen molar-refractivity contribution in [2.45, 2.75) is 39.2 Å². The van der Waals surface area contributed by atoms with E-state index in [0.717, 1.165) is 6.42 Å². The Morgan fingerprint density at radius 2 is 1.86 bits per heavy atom. The number of para-hydroxylation sites is 1. The molecule has 0 radical (unpaired) electrons. The van der Waals surface area contributed by atoms with E-state index >= 15 is 0 Å². The van der Waals surface area contributed by atoms with E-state index in [9.17, 15) is 14.4 Å². The summed E-state index contributed by atoms with van der Waals surface area (Å²) in [5, 5.41) is 14.0. The van der Waals surface area contributed by atoms with Crippen molar-refractivity contribution < 1.29 is 19.5 Å². The van der Waals surface area contributed by atoms with Gasteiger partial charge in [-0.25, -0.2) is 0 Å². The van der Waals surface area contributed by atoms with Crippen molar-refractivity contribution in [3.05, 3.63) is 29.8 Å². The molecule has 0 aliphatic carbocycles. The van der Waals surface area contributed by atoms with Crippen LogP contribution in [0.2, 0.25) is 0 Å². The molecule has 0 aliphatic heterocycles. The van der Waals surface area contributed by atoms with Gasteiger partial charge in [-0.1, -0.05) is 19.1 Å². The van der Waals surface area contributed by atoms with Gasteiger partial charge in [0.15, 0.2) is 0 Å². The monoisotopic (exact) mass is 292 g/mol. The fraction of sp³-hybridized carbons (Fsp3) is 0.400. The van der Waals surface area contributed by atoms with Crippen LogP contribution in [-0.2, 0) is 9.59 Å². The van der Waals surface area contributed by atoms with E-state index in [-0.39, 0.29) is 24.8 Å². The van der Waals surface area contributed by atoms with Crippen LogP contribution in [0.25, 0.3) is 0 Å². The Balaban J connectivity index is 2.77. The Kier molecular flexibility index (Phi) is 6.39. The van der Waals surface area contributed by atoms with Gasteiger partial charge in [-0.15, -0.1) is 0 Å². The summed E-state index contributed by atoms with van der Waals surface area (Å²) in [6.45, 7) is 3.86. The Bertz CT molecular complexity index is 528. The van der Waals surface area contributed by atoms with Crippen LogP contribution < -0.4 is 10.6 Å². The third-order valence-electron chi connectivity index (χ3n) is 3.00. The number of anilines is 1. The molecule has 114 valence electrons. The Morgan fingerprint density at radius 3 is 2.48 bits per heavy atom. The second-order valence-electron chi connectivity index (χ2n) is 4.77. The first-order chi connectivity index (χ1) is 9.93. The number of carboxylic acids is 1. The highest BCUT2D eigenvalue weighted by atomic mass is 16.4. The van der Waals surface area contributed by atoms with Crippen LogP contribution in [0, 0.1) is 0 Å². The number of carbonyl (C=O) groups excluding carboxylic acids is 2. The zero-order valence-corrected chi connectivity index (χ0v) is 12.2. The predicted molar refractivity (Wildman–Crippen MR) is 79.2 cm³/mol. The SMILES string of the molecule is CCC(C)NC(=O)c1ccccc1NC(=O)CCC(=O)O. The fourth-order valence-electron chi connectivity index (χ4n) is 1.63. The van der Waals surface area contributed by atoms with Gasteiger partial charge in [-0.2, -0.15) is 0 Å². The van der Waals surface area contributed by atoms with Crippen LogP contribution in [0.3, 0.4) is 0 Å². The molecule has 0 saturated carbocycles. The zero-order valence-electron chi connectivity index (χ0n) is 12.2. The lowest BCUT2D eigenvalue weighted by Crippen LogP contribution is -2.32. The Labute approximate surface area is 123 Å². The van der Waals surface area contributed by atoms with E-state index in [0.29, 0.717) is 11.3 Å². The lowest BCUT2D eigenvalue weighted by Gasteiger charge is -2.14. The highest BCUT2D eigenvalue weighted by molar-refractivity contribution is 6.04. The van der Waals surface area contributed by atoms with Crippen LogP contribution in [0.5, 0.6) is 0 Å². The molecule has 0 aliphatic rings. The topological polar surface area (TPSA) is 95.5 Å². The molecular formula is C15H20N2O4. The van der Waals surface area contributed by atoms with Crippen molar-refractivity contribution in [3.8, 4) is 0 Å². The zero-order chi connectivity index (χ0) is 15.8. The van der Waals surface area contributed by atoms with E-state index in [1.807, 2.05) is 13.8 Å². The predicted octanol–water partition coefficient (Wildman–Crippen LogP) is 2.02. The average molecular weight is 292 g/mol. The minimum Gasteiger partial charge on any atom is -0.481 e. The summed E-state index contributed by atoms with van der Waals surface area (Å²) in [4.78, 5) is 34.2. The Hall–Kier alpha value is -2.37. The van der Waals surface area contributed by atoms with Gasteiger partial charge < -0.3 is 15.7 Å². The molecule has 6 nitrogen and oxygen atoms in total. The summed E-state index contributed by atoms with van der Waals surface area (Å²) >= 11 is 0. The summed E-state index contributed by atoms with van der Waals surface area (Å²) in [5.74, 6) is -1.73. The number of benzene rings is 1. The molecular weight excluding hydrogens is 272 g/mol. The molecule has 2 amide bonds. The summed E-state index contributed by atoms with van der Waals surface area (Å²) < 4.78 is 0. The van der Waals surface area contributed by atoms with E-state index in [4.69, 9.17) is 5.11 Å². The van der Waals surface area contributed by atoms with Gasteiger partial charge in [0.2, 0.25) is 5.91 Å². The van der Waals surface area contributed by atoms with Crippen LogP contribution in [0.15, 0.2) is 24.3 Å². The van der Waals surface area contributed by atoms with Crippen molar-refractivity contribution >= 4 is 23.5 Å². The highest BCUT2D eigenvalue weighted by Crippen LogP contribution is 2.16. The van der Waals surface area contributed by atoms with Crippen LogP contribution in [-0.4, -0.2) is 28.9 Å². The average Bonchev–Trinajstić information content (AvgIpc) is 2.45. The fourth-order valence-corrected chi connectivity index (χ4v) is 1.63. The van der Waals surface area contributed by atoms with E-state index in [1.54, 1.807) is 24.3 Å². The molecule has 0 saturated heterocycles. The standard InChI is InChI=1S/C15H20N2O4/c1-3-10(2)16-15(21)11-6-4-5-7-12(11)17-13(18)8-9-14(19)20/h4-7,10H,3,8-9H2,1-2H3,(H,16,21)(H,17,18)(H,19,20). The first kappa shape index (κ1) is 16.7. The molecule has 1 unspecified atom stereocenters. The molecule has 1 atom stereocenters. The molecule has 1 aromatic rings. The summed E-state index contributed by atoms with van der Waals surface area (Å²) in [7, 11) is 0. The number of aliphatic carboxylic acids is 1. The van der Waals surface area contributed by atoms with Gasteiger partial charge in [0, 0.05) is 12.5 Å². The maximum atomic E-state index is 12.1. The van der Waals surface area contributed by atoms with Crippen molar-refractivity contribution in [2.24, 2.45) is 0 Å². The molecule has 1 aromatic carbocycles. The lowest BCUT2D eigenvalue weighted by atomic mass is 10.1. The number of rotatable bonds is 7. The normalized spacial score (nSPS) is 11.5. The van der Waals surface area contributed by atoms with E-state index in [2.05, 4.69) is 10.6 Å². The van der Waals surface area contributed by atoms with Gasteiger partial charge in [0.25, 0.3) is 5.91 Å². The summed E-state index contributed by atoms with van der Waals surface area (Å²) in [6.07, 6.45) is 0.433. The number of hydrogen-bond donors (Lipinski definition) is 3. The third kappa shape index (κ3) is 5.64. The Morgan fingerprint density at radius 1 is 1.19 bits per heavy atom. The number of hydrogen-bond acceptors (Lipinski definition) is 3. The first-order valence-corrected chi connectivity index (χ1v) is 6.85. The molecule has 0 bridgehead atoms. The van der Waals surface area contributed by atoms with E-state index < -0.39 is 11.9 Å². The second kappa shape index (κ2) is 8.04. The molecule has 0 fully saturated rings. The minimum atomic E-state index is -1.03. The number of nitrogens with one attached hydrogen (secondary N) is 2. The maximum Gasteiger partial charge on any atom is 0.303 e. The molecule has 21 heavy (non-hydrogen) atoms.